The Balaban J connectivity index is 2.49. The molecule has 7 heteroatoms. The summed E-state index contributed by atoms with van der Waals surface area (Å²) in [6.45, 7) is 0. The summed E-state index contributed by atoms with van der Waals surface area (Å²) in [5.74, 6) is -0.528. The van der Waals surface area contributed by atoms with Crippen molar-refractivity contribution in [2.75, 3.05) is 11.5 Å². The average molecular weight is 262 g/mol. The van der Waals surface area contributed by atoms with Gasteiger partial charge in [-0.1, -0.05) is 11.6 Å². The summed E-state index contributed by atoms with van der Waals surface area (Å²) in [5.41, 5.74) is 11.9. The van der Waals surface area contributed by atoms with Crippen molar-refractivity contribution in [2.45, 2.75) is 0 Å². The Morgan fingerprint density at radius 2 is 2.17 bits per heavy atom. The van der Waals surface area contributed by atoms with Gasteiger partial charge in [-0.05, 0) is 18.2 Å². The fourth-order valence-corrected chi connectivity index (χ4v) is 1.63. The summed E-state index contributed by atoms with van der Waals surface area (Å²) in [7, 11) is 0. The van der Waals surface area contributed by atoms with Crippen molar-refractivity contribution in [1.29, 1.82) is 5.26 Å². The molecule has 0 aliphatic carbocycles. The van der Waals surface area contributed by atoms with Crippen molar-refractivity contribution in [3.8, 4) is 6.07 Å². The molecule has 0 radical (unpaired) electrons. The van der Waals surface area contributed by atoms with Gasteiger partial charge in [-0.15, -0.1) is 0 Å². The quantitative estimate of drug-likeness (QED) is 0.751. The molecule has 0 bridgehead atoms. The highest BCUT2D eigenvalue weighted by molar-refractivity contribution is 6.31. The summed E-state index contributed by atoms with van der Waals surface area (Å²) in [4.78, 5) is 12.1. The van der Waals surface area contributed by atoms with Crippen molar-refractivity contribution >= 4 is 29.0 Å². The van der Waals surface area contributed by atoms with Crippen LogP contribution in [0.15, 0.2) is 24.4 Å². The number of carbonyl (C=O) groups is 1. The Labute approximate surface area is 107 Å². The van der Waals surface area contributed by atoms with Crippen molar-refractivity contribution < 1.29 is 4.79 Å². The van der Waals surface area contributed by atoms with Crippen molar-refractivity contribution in [3.63, 3.8) is 0 Å². The van der Waals surface area contributed by atoms with Crippen LogP contribution in [-0.4, -0.2) is 15.7 Å². The maximum atomic E-state index is 12.1. The number of aromatic nitrogens is 2. The number of hydrogen-bond acceptors (Lipinski definition) is 5. The van der Waals surface area contributed by atoms with E-state index in [9.17, 15) is 4.79 Å². The van der Waals surface area contributed by atoms with E-state index in [4.69, 9.17) is 28.3 Å². The molecule has 0 aliphatic rings. The third kappa shape index (κ3) is 1.87. The van der Waals surface area contributed by atoms with E-state index in [1.807, 2.05) is 6.07 Å². The fourth-order valence-electron chi connectivity index (χ4n) is 1.45. The molecule has 0 atom stereocenters. The van der Waals surface area contributed by atoms with Gasteiger partial charge in [0.1, 0.15) is 17.5 Å². The number of carbonyl (C=O) groups excluding carboxylic acids is 1. The van der Waals surface area contributed by atoms with Crippen LogP contribution in [0.3, 0.4) is 0 Å². The number of anilines is 2. The van der Waals surface area contributed by atoms with Crippen LogP contribution in [-0.2, 0) is 0 Å². The second-order valence-corrected chi connectivity index (χ2v) is 3.94. The minimum Gasteiger partial charge on any atom is -0.398 e. The minimum absolute atomic E-state index is 0.0168. The van der Waals surface area contributed by atoms with E-state index in [2.05, 4.69) is 5.10 Å². The van der Waals surface area contributed by atoms with Crippen LogP contribution in [0.2, 0.25) is 5.02 Å². The smallest absolute Gasteiger partial charge is 0.282 e. The molecule has 0 spiro atoms. The van der Waals surface area contributed by atoms with E-state index in [0.717, 1.165) is 4.68 Å². The van der Waals surface area contributed by atoms with Crippen LogP contribution >= 0.6 is 11.6 Å². The van der Waals surface area contributed by atoms with Crippen molar-refractivity contribution in [2.24, 2.45) is 0 Å². The normalized spacial score (nSPS) is 10.0. The number of hydrogen-bond donors (Lipinski definition) is 2. The maximum Gasteiger partial charge on any atom is 0.282 e. The third-order valence-corrected chi connectivity index (χ3v) is 2.60. The van der Waals surface area contributed by atoms with Crippen molar-refractivity contribution in [3.05, 3.63) is 40.5 Å². The molecule has 0 fully saturated rings. The van der Waals surface area contributed by atoms with E-state index in [1.54, 1.807) is 0 Å². The molecule has 0 amide bonds. The van der Waals surface area contributed by atoms with Crippen LogP contribution < -0.4 is 11.5 Å². The summed E-state index contributed by atoms with van der Waals surface area (Å²) in [6.07, 6.45) is 1.22. The first-order chi connectivity index (χ1) is 8.54. The number of halogens is 1. The highest BCUT2D eigenvalue weighted by atomic mass is 35.5. The van der Waals surface area contributed by atoms with E-state index in [1.165, 1.54) is 24.4 Å². The highest BCUT2D eigenvalue weighted by Gasteiger charge is 2.17. The van der Waals surface area contributed by atoms with E-state index < -0.39 is 5.91 Å². The van der Waals surface area contributed by atoms with Crippen LogP contribution in [0.25, 0.3) is 0 Å². The Morgan fingerprint density at radius 3 is 2.72 bits per heavy atom. The molecule has 2 rings (SSSR count). The lowest BCUT2D eigenvalue weighted by molar-refractivity contribution is 0.0949. The molecule has 0 saturated carbocycles. The van der Waals surface area contributed by atoms with Crippen molar-refractivity contribution in [1.82, 2.24) is 9.78 Å². The van der Waals surface area contributed by atoms with E-state index in [0.29, 0.717) is 5.02 Å². The van der Waals surface area contributed by atoms with Gasteiger partial charge < -0.3 is 11.5 Å². The lowest BCUT2D eigenvalue weighted by Gasteiger charge is -2.06. The molecule has 6 nitrogen and oxygen atoms in total. The largest absolute Gasteiger partial charge is 0.398 e. The average Bonchev–Trinajstić information content (AvgIpc) is 2.69. The van der Waals surface area contributed by atoms with E-state index in [-0.39, 0.29) is 22.6 Å². The molecule has 1 aromatic heterocycles. The minimum atomic E-state index is -0.511. The van der Waals surface area contributed by atoms with Gasteiger partial charge in [-0.2, -0.15) is 15.0 Å². The van der Waals surface area contributed by atoms with Crippen LogP contribution in [0.1, 0.15) is 15.9 Å². The fraction of sp³-hybridized carbons (Fsp3) is 0. The summed E-state index contributed by atoms with van der Waals surface area (Å²) < 4.78 is 0.929. The summed E-state index contributed by atoms with van der Waals surface area (Å²) in [5, 5.41) is 12.9. The molecule has 0 unspecified atom stereocenters. The molecule has 0 aliphatic heterocycles. The molecule has 4 N–H and O–H groups in total. The van der Waals surface area contributed by atoms with Gasteiger partial charge >= 0.3 is 0 Å². The zero-order valence-electron chi connectivity index (χ0n) is 9.09. The lowest BCUT2D eigenvalue weighted by atomic mass is 10.1. The Kier molecular flexibility index (Phi) is 2.92. The SMILES string of the molecule is N#Cc1cnn(C(=O)c2ccc(Cl)cc2N)c1N. The monoisotopic (exact) mass is 261 g/mol. The number of nitriles is 1. The van der Waals surface area contributed by atoms with Crippen LogP contribution in [0.4, 0.5) is 11.5 Å². The maximum absolute atomic E-state index is 12.1. The predicted molar refractivity (Wildman–Crippen MR) is 66.9 cm³/mol. The number of rotatable bonds is 1. The molecular formula is C11H8ClN5O. The van der Waals surface area contributed by atoms with Gasteiger partial charge in [0, 0.05) is 10.7 Å². The Morgan fingerprint density at radius 1 is 1.44 bits per heavy atom. The molecule has 90 valence electrons. The molecule has 1 heterocycles. The predicted octanol–water partition coefficient (Wildman–Crippen LogP) is 1.26. The van der Waals surface area contributed by atoms with Gasteiger partial charge in [-0.3, -0.25) is 4.79 Å². The van der Waals surface area contributed by atoms with Gasteiger partial charge in [0.05, 0.1) is 11.8 Å². The van der Waals surface area contributed by atoms with Crippen LogP contribution in [0, 0.1) is 11.3 Å². The third-order valence-electron chi connectivity index (χ3n) is 2.36. The first kappa shape index (κ1) is 12.0. The molecule has 2 aromatic rings. The standard InChI is InChI=1S/C11H8ClN5O/c12-7-1-2-8(9(14)3-7)11(18)17-10(15)6(4-13)5-16-17/h1-3,5H,14-15H2. The zero-order valence-corrected chi connectivity index (χ0v) is 9.85. The highest BCUT2D eigenvalue weighted by Crippen LogP contribution is 2.20. The van der Waals surface area contributed by atoms with Gasteiger partial charge in [0.25, 0.3) is 5.91 Å². The number of nitrogen functional groups attached to an aromatic ring is 2. The zero-order chi connectivity index (χ0) is 13.3. The van der Waals surface area contributed by atoms with E-state index >= 15 is 0 Å². The lowest BCUT2D eigenvalue weighted by Crippen LogP contribution is -2.17. The van der Waals surface area contributed by atoms with Crippen LogP contribution in [0.5, 0.6) is 0 Å². The molecule has 0 saturated heterocycles. The number of nitrogens with zero attached hydrogens (tertiary/aromatic N) is 3. The molecular weight excluding hydrogens is 254 g/mol. The Hall–Kier alpha value is -2.52. The number of nitrogens with two attached hydrogens (primary N) is 2. The van der Waals surface area contributed by atoms with Gasteiger partial charge in [0.2, 0.25) is 0 Å². The topological polar surface area (TPSA) is 111 Å². The molecule has 18 heavy (non-hydrogen) atoms. The van der Waals surface area contributed by atoms with Gasteiger partial charge in [-0.25, -0.2) is 0 Å². The summed E-state index contributed by atoms with van der Waals surface area (Å²) in [6, 6.07) is 6.31. The Bertz CT molecular complexity index is 671. The second-order valence-electron chi connectivity index (χ2n) is 3.50. The first-order valence-electron chi connectivity index (χ1n) is 4.88. The second kappa shape index (κ2) is 4.39. The first-order valence-corrected chi connectivity index (χ1v) is 5.25. The molecule has 1 aromatic carbocycles. The van der Waals surface area contributed by atoms with Gasteiger partial charge in [0.15, 0.2) is 0 Å². The number of benzene rings is 1. The summed E-state index contributed by atoms with van der Waals surface area (Å²) >= 11 is 5.74.